The van der Waals surface area contributed by atoms with Crippen LogP contribution in [0.15, 0.2) is 30.5 Å². The lowest BCUT2D eigenvalue weighted by Crippen LogP contribution is -2.60. The zero-order chi connectivity index (χ0) is 16.0. The lowest BCUT2D eigenvalue weighted by Gasteiger charge is -2.47. The number of para-hydroxylation sites is 1. The summed E-state index contributed by atoms with van der Waals surface area (Å²) in [6.07, 6.45) is 3.40. The number of thioether (sulfide) groups is 1. The van der Waals surface area contributed by atoms with Crippen molar-refractivity contribution < 1.29 is 9.53 Å². The first-order valence-electron chi connectivity index (χ1n) is 8.21. The summed E-state index contributed by atoms with van der Waals surface area (Å²) in [5.74, 6) is 1.22. The summed E-state index contributed by atoms with van der Waals surface area (Å²) in [5.41, 5.74) is 1.93. The average molecular weight is 330 g/mol. The monoisotopic (exact) mass is 330 g/mol. The van der Waals surface area contributed by atoms with E-state index in [1.54, 1.807) is 0 Å². The van der Waals surface area contributed by atoms with Gasteiger partial charge in [-0.2, -0.15) is 0 Å². The van der Waals surface area contributed by atoms with Crippen LogP contribution in [0.5, 0.6) is 0 Å². The number of fused-ring (bicyclic) bond motifs is 1. The van der Waals surface area contributed by atoms with Crippen LogP contribution in [0, 0.1) is 0 Å². The van der Waals surface area contributed by atoms with Gasteiger partial charge < -0.3 is 14.2 Å². The van der Waals surface area contributed by atoms with Crippen LogP contribution in [0.4, 0.5) is 0 Å². The Morgan fingerprint density at radius 1 is 1.39 bits per heavy atom. The topological polar surface area (TPSA) is 34.5 Å². The van der Waals surface area contributed by atoms with E-state index in [4.69, 9.17) is 4.74 Å². The minimum absolute atomic E-state index is 0.160. The van der Waals surface area contributed by atoms with E-state index in [-0.39, 0.29) is 10.7 Å². The third-order valence-electron chi connectivity index (χ3n) is 4.95. The predicted octanol–water partition coefficient (Wildman–Crippen LogP) is 2.91. The highest BCUT2D eigenvalue weighted by Gasteiger charge is 2.51. The van der Waals surface area contributed by atoms with Crippen LogP contribution in [0.3, 0.4) is 0 Å². The van der Waals surface area contributed by atoms with E-state index in [2.05, 4.69) is 6.07 Å². The molecule has 2 saturated heterocycles. The summed E-state index contributed by atoms with van der Waals surface area (Å²) >= 11 is 1.98. The SMILES string of the molecule is CCOC1CSC2(C1)CN(C(=O)c1cn(C)c3ccccc13)C2. The van der Waals surface area contributed by atoms with Crippen LogP contribution in [0.1, 0.15) is 23.7 Å². The molecule has 1 spiro atoms. The molecule has 4 rings (SSSR count). The number of amides is 1. The number of ether oxygens (including phenoxy) is 1. The van der Waals surface area contributed by atoms with Gasteiger partial charge in [0, 0.05) is 49.6 Å². The summed E-state index contributed by atoms with van der Waals surface area (Å²) in [4.78, 5) is 14.9. The first-order valence-corrected chi connectivity index (χ1v) is 9.19. The molecular formula is C18H22N2O2S. The Bertz CT molecular complexity index is 749. The highest BCUT2D eigenvalue weighted by molar-refractivity contribution is 8.01. The molecule has 1 atom stereocenters. The zero-order valence-corrected chi connectivity index (χ0v) is 14.4. The molecule has 0 N–H and O–H groups in total. The molecule has 1 unspecified atom stereocenters. The van der Waals surface area contributed by atoms with E-state index in [9.17, 15) is 4.79 Å². The second-order valence-corrected chi connectivity index (χ2v) is 8.10. The Balaban J connectivity index is 1.49. The van der Waals surface area contributed by atoms with Gasteiger partial charge in [-0.1, -0.05) is 18.2 Å². The predicted molar refractivity (Wildman–Crippen MR) is 94.0 cm³/mol. The van der Waals surface area contributed by atoms with Crippen molar-refractivity contribution >= 4 is 28.6 Å². The number of carbonyl (C=O) groups is 1. The fourth-order valence-electron chi connectivity index (χ4n) is 3.84. The highest BCUT2D eigenvalue weighted by Crippen LogP contribution is 2.46. The van der Waals surface area contributed by atoms with Gasteiger partial charge in [0.1, 0.15) is 0 Å². The van der Waals surface area contributed by atoms with Crippen molar-refractivity contribution in [3.05, 3.63) is 36.0 Å². The van der Waals surface area contributed by atoms with E-state index in [1.165, 1.54) is 0 Å². The van der Waals surface area contributed by atoms with Crippen LogP contribution in [-0.2, 0) is 11.8 Å². The Labute approximate surface area is 140 Å². The van der Waals surface area contributed by atoms with E-state index >= 15 is 0 Å². The van der Waals surface area contributed by atoms with Gasteiger partial charge in [-0.25, -0.2) is 0 Å². The zero-order valence-electron chi connectivity index (χ0n) is 13.6. The molecule has 5 heteroatoms. The number of hydrogen-bond donors (Lipinski definition) is 0. The molecule has 0 aliphatic carbocycles. The van der Waals surface area contributed by atoms with Gasteiger partial charge in [0.15, 0.2) is 0 Å². The quantitative estimate of drug-likeness (QED) is 0.868. The molecule has 122 valence electrons. The number of rotatable bonds is 3. The second kappa shape index (κ2) is 5.56. The molecule has 3 heterocycles. The molecule has 1 aromatic heterocycles. The number of benzene rings is 1. The van der Waals surface area contributed by atoms with Crippen LogP contribution in [-0.4, -0.2) is 51.7 Å². The number of nitrogens with zero attached hydrogens (tertiary/aromatic N) is 2. The van der Waals surface area contributed by atoms with Gasteiger partial charge >= 0.3 is 0 Å². The van der Waals surface area contributed by atoms with E-state index in [0.29, 0.717) is 6.10 Å². The molecule has 1 amide bonds. The summed E-state index contributed by atoms with van der Waals surface area (Å²) in [6, 6.07) is 8.10. The fourth-order valence-corrected chi connectivity index (χ4v) is 5.39. The summed E-state index contributed by atoms with van der Waals surface area (Å²) < 4.78 is 8.02. The maximum absolute atomic E-state index is 12.9. The number of aryl methyl sites for hydroxylation is 1. The van der Waals surface area contributed by atoms with Crippen molar-refractivity contribution in [3.8, 4) is 0 Å². The van der Waals surface area contributed by atoms with Gasteiger partial charge in [-0.05, 0) is 19.4 Å². The standard InChI is InChI=1S/C18H22N2O2S/c1-3-22-13-8-18(23-10-13)11-20(12-18)17(21)15-9-19(2)16-7-5-4-6-14(15)16/h4-7,9,13H,3,8,10-12H2,1-2H3. The average Bonchev–Trinajstić information content (AvgIpc) is 3.08. The first-order chi connectivity index (χ1) is 11.1. The summed E-state index contributed by atoms with van der Waals surface area (Å²) in [7, 11) is 2.00. The summed E-state index contributed by atoms with van der Waals surface area (Å²) in [5, 5.41) is 1.05. The van der Waals surface area contributed by atoms with Gasteiger partial charge in [0.25, 0.3) is 5.91 Å². The number of carbonyl (C=O) groups excluding carboxylic acids is 1. The molecule has 4 nitrogen and oxygen atoms in total. The second-order valence-electron chi connectivity index (χ2n) is 6.61. The van der Waals surface area contributed by atoms with Crippen molar-refractivity contribution in [1.29, 1.82) is 0 Å². The smallest absolute Gasteiger partial charge is 0.256 e. The molecule has 2 fully saturated rings. The maximum Gasteiger partial charge on any atom is 0.256 e. The van der Waals surface area contributed by atoms with Crippen molar-refractivity contribution in [3.63, 3.8) is 0 Å². The minimum Gasteiger partial charge on any atom is -0.378 e. The minimum atomic E-state index is 0.160. The Morgan fingerprint density at radius 3 is 2.96 bits per heavy atom. The van der Waals surface area contributed by atoms with E-state index in [0.717, 1.165) is 48.3 Å². The molecular weight excluding hydrogens is 308 g/mol. The molecule has 1 aromatic carbocycles. The normalized spacial score (nSPS) is 22.7. The van der Waals surface area contributed by atoms with E-state index < -0.39 is 0 Å². The highest BCUT2D eigenvalue weighted by atomic mass is 32.2. The summed E-state index contributed by atoms with van der Waals surface area (Å²) in [6.45, 7) is 4.53. The molecule has 0 saturated carbocycles. The van der Waals surface area contributed by atoms with Crippen LogP contribution in [0.2, 0.25) is 0 Å². The number of aromatic nitrogens is 1. The number of hydrogen-bond acceptors (Lipinski definition) is 3. The molecule has 0 bridgehead atoms. The van der Waals surface area contributed by atoms with Crippen molar-refractivity contribution in [2.45, 2.75) is 24.2 Å². The van der Waals surface area contributed by atoms with Crippen LogP contribution >= 0.6 is 11.8 Å². The first kappa shape index (κ1) is 15.1. The van der Waals surface area contributed by atoms with Crippen molar-refractivity contribution in [2.24, 2.45) is 7.05 Å². The maximum atomic E-state index is 12.9. The van der Waals surface area contributed by atoms with Gasteiger partial charge in [-0.15, -0.1) is 11.8 Å². The Morgan fingerprint density at radius 2 is 2.17 bits per heavy atom. The fraction of sp³-hybridized carbons (Fsp3) is 0.500. The molecule has 2 aromatic rings. The Hall–Kier alpha value is -1.46. The van der Waals surface area contributed by atoms with Crippen molar-refractivity contribution in [2.75, 3.05) is 25.4 Å². The van der Waals surface area contributed by atoms with Gasteiger partial charge in [0.2, 0.25) is 0 Å². The lowest BCUT2D eigenvalue weighted by molar-refractivity contribution is 0.0360. The third-order valence-corrected chi connectivity index (χ3v) is 6.53. The molecule has 23 heavy (non-hydrogen) atoms. The largest absolute Gasteiger partial charge is 0.378 e. The van der Waals surface area contributed by atoms with E-state index in [1.807, 2.05) is 59.6 Å². The van der Waals surface area contributed by atoms with Crippen molar-refractivity contribution in [1.82, 2.24) is 9.47 Å². The lowest BCUT2D eigenvalue weighted by atomic mass is 9.92. The van der Waals surface area contributed by atoms with Gasteiger partial charge in [0.05, 0.1) is 16.4 Å². The van der Waals surface area contributed by atoms with Crippen LogP contribution in [0.25, 0.3) is 10.9 Å². The molecule has 2 aliphatic heterocycles. The number of likely N-dealkylation sites (tertiary alicyclic amines) is 1. The van der Waals surface area contributed by atoms with Gasteiger partial charge in [-0.3, -0.25) is 4.79 Å². The molecule has 2 aliphatic rings. The third kappa shape index (κ3) is 2.46. The Kier molecular flexibility index (Phi) is 3.65. The van der Waals surface area contributed by atoms with Crippen LogP contribution < -0.4 is 0 Å². The molecule has 0 radical (unpaired) electrons.